The summed E-state index contributed by atoms with van der Waals surface area (Å²) in [6.45, 7) is 2.97. The van der Waals surface area contributed by atoms with E-state index in [9.17, 15) is 4.79 Å². The van der Waals surface area contributed by atoms with Crippen molar-refractivity contribution < 1.29 is 9.53 Å². The zero-order valence-electron chi connectivity index (χ0n) is 16.3. The predicted molar refractivity (Wildman–Crippen MR) is 107 cm³/mol. The highest BCUT2D eigenvalue weighted by Crippen LogP contribution is 2.22. The lowest BCUT2D eigenvalue weighted by Gasteiger charge is -2.30. The Kier molecular flexibility index (Phi) is 5.71. The topological polar surface area (TPSA) is 72.3 Å². The fourth-order valence-electron chi connectivity index (χ4n) is 3.47. The van der Waals surface area contributed by atoms with Crippen molar-refractivity contribution in [1.29, 1.82) is 0 Å². The van der Waals surface area contributed by atoms with Gasteiger partial charge in [-0.05, 0) is 43.4 Å². The molecule has 0 spiro atoms. The fourth-order valence-corrected chi connectivity index (χ4v) is 3.47. The average molecular weight is 381 g/mol. The minimum Gasteiger partial charge on any atom is -0.497 e. The Balaban J connectivity index is 1.23. The van der Waals surface area contributed by atoms with Crippen molar-refractivity contribution in [2.24, 2.45) is 0 Å². The molecule has 1 amide bonds. The number of ether oxygens (including phenoxy) is 1. The molecule has 2 aromatic rings. The lowest BCUT2D eigenvalue weighted by atomic mass is 10.1. The number of likely N-dealkylation sites (tertiary alicyclic amines) is 1. The first-order valence-corrected chi connectivity index (χ1v) is 9.97. The molecule has 1 aliphatic carbocycles. The van der Waals surface area contributed by atoms with Crippen molar-refractivity contribution >= 4 is 12.0 Å². The Morgan fingerprint density at radius 3 is 2.64 bits per heavy atom. The van der Waals surface area contributed by atoms with Gasteiger partial charge in [0.2, 0.25) is 0 Å². The second-order valence-corrected chi connectivity index (χ2v) is 7.54. The first-order valence-electron chi connectivity index (χ1n) is 9.97. The van der Waals surface area contributed by atoms with E-state index < -0.39 is 0 Å². The average Bonchev–Trinajstić information content (AvgIpc) is 3.40. The van der Waals surface area contributed by atoms with Crippen LogP contribution >= 0.6 is 0 Å². The number of benzene rings is 1. The van der Waals surface area contributed by atoms with Gasteiger partial charge in [0.25, 0.3) is 5.91 Å². The van der Waals surface area contributed by atoms with Crippen LogP contribution in [0.15, 0.2) is 36.5 Å². The predicted octanol–water partition coefficient (Wildman–Crippen LogP) is 2.53. The largest absolute Gasteiger partial charge is 0.497 e. The number of hydrogen-bond donors (Lipinski definition) is 1. The third kappa shape index (κ3) is 4.78. The minimum absolute atomic E-state index is 0.102. The Labute approximate surface area is 165 Å². The minimum atomic E-state index is -0.102. The van der Waals surface area contributed by atoms with Crippen molar-refractivity contribution in [2.75, 3.05) is 26.7 Å². The monoisotopic (exact) mass is 381 g/mol. The van der Waals surface area contributed by atoms with Crippen LogP contribution in [0.3, 0.4) is 0 Å². The molecule has 7 nitrogen and oxygen atoms in total. The molecule has 0 unspecified atom stereocenters. The maximum Gasteiger partial charge on any atom is 0.273 e. The molecule has 0 atom stereocenters. The van der Waals surface area contributed by atoms with Gasteiger partial charge >= 0.3 is 0 Å². The molecule has 2 aliphatic rings. The molecule has 1 aliphatic heterocycles. The molecule has 1 saturated heterocycles. The summed E-state index contributed by atoms with van der Waals surface area (Å²) in [4.78, 5) is 14.5. The summed E-state index contributed by atoms with van der Waals surface area (Å²) in [7, 11) is 1.68. The van der Waals surface area contributed by atoms with Gasteiger partial charge in [0.05, 0.1) is 19.3 Å². The number of hydrogen-bond acceptors (Lipinski definition) is 5. The van der Waals surface area contributed by atoms with Crippen LogP contribution in [0.25, 0.3) is 6.08 Å². The lowest BCUT2D eigenvalue weighted by Crippen LogP contribution is -2.34. The van der Waals surface area contributed by atoms with Crippen LogP contribution in [-0.4, -0.2) is 58.6 Å². The van der Waals surface area contributed by atoms with Crippen molar-refractivity contribution in [1.82, 2.24) is 25.2 Å². The second kappa shape index (κ2) is 8.56. The van der Waals surface area contributed by atoms with Crippen LogP contribution < -0.4 is 10.1 Å². The van der Waals surface area contributed by atoms with E-state index in [2.05, 4.69) is 44.8 Å². The number of carbonyl (C=O) groups excluding carboxylic acids is 1. The van der Waals surface area contributed by atoms with Gasteiger partial charge in [-0.25, -0.2) is 4.68 Å². The molecule has 28 heavy (non-hydrogen) atoms. The first kappa shape index (κ1) is 18.7. The Morgan fingerprint density at radius 2 is 1.96 bits per heavy atom. The molecule has 2 heterocycles. The third-order valence-corrected chi connectivity index (χ3v) is 5.38. The van der Waals surface area contributed by atoms with Gasteiger partial charge in [-0.1, -0.05) is 29.5 Å². The third-order valence-electron chi connectivity index (χ3n) is 5.38. The van der Waals surface area contributed by atoms with Crippen LogP contribution in [0.5, 0.6) is 5.75 Å². The van der Waals surface area contributed by atoms with E-state index in [1.165, 1.54) is 5.56 Å². The molecule has 0 radical (unpaired) electrons. The van der Waals surface area contributed by atoms with E-state index in [-0.39, 0.29) is 5.91 Å². The summed E-state index contributed by atoms with van der Waals surface area (Å²) in [5, 5.41) is 11.2. The highest BCUT2D eigenvalue weighted by molar-refractivity contribution is 5.92. The maximum atomic E-state index is 12.1. The number of amides is 1. The second-order valence-electron chi connectivity index (χ2n) is 7.54. The highest BCUT2D eigenvalue weighted by Gasteiger charge is 2.26. The molecular formula is C21H27N5O2. The van der Waals surface area contributed by atoms with Crippen molar-refractivity contribution in [3.63, 3.8) is 0 Å². The van der Waals surface area contributed by atoms with E-state index in [4.69, 9.17) is 4.74 Å². The molecule has 0 bridgehead atoms. The van der Waals surface area contributed by atoms with E-state index in [0.29, 0.717) is 17.8 Å². The van der Waals surface area contributed by atoms with Gasteiger partial charge < -0.3 is 10.1 Å². The first-order chi connectivity index (χ1) is 13.7. The van der Waals surface area contributed by atoms with E-state index in [0.717, 1.165) is 51.1 Å². The van der Waals surface area contributed by atoms with Gasteiger partial charge in [0.1, 0.15) is 5.75 Å². The molecule has 1 aromatic carbocycles. The van der Waals surface area contributed by atoms with Gasteiger partial charge in [-0.15, -0.1) is 5.10 Å². The van der Waals surface area contributed by atoms with Crippen LogP contribution in [0, 0.1) is 0 Å². The number of piperidine rings is 1. The van der Waals surface area contributed by atoms with Crippen molar-refractivity contribution in [2.45, 2.75) is 37.8 Å². The number of nitrogens with zero attached hydrogens (tertiary/aromatic N) is 4. The van der Waals surface area contributed by atoms with Gasteiger partial charge in [0, 0.05) is 25.7 Å². The summed E-state index contributed by atoms with van der Waals surface area (Å²) in [5.74, 6) is 0.773. The molecule has 148 valence electrons. The Hall–Kier alpha value is -2.67. The fraction of sp³-hybridized carbons (Fsp3) is 0.476. The SMILES string of the molecule is COc1ccc(/C=C/CN2CCC(n3cc(C(=O)NC4CC4)nn3)CC2)cc1. The van der Waals surface area contributed by atoms with E-state index in [1.54, 1.807) is 13.3 Å². The van der Waals surface area contributed by atoms with Crippen molar-refractivity contribution in [3.8, 4) is 5.75 Å². The molecule has 4 rings (SSSR count). The smallest absolute Gasteiger partial charge is 0.273 e. The summed E-state index contributed by atoms with van der Waals surface area (Å²) < 4.78 is 7.05. The van der Waals surface area contributed by atoms with Gasteiger partial charge in [-0.2, -0.15) is 0 Å². The summed E-state index contributed by atoms with van der Waals surface area (Å²) >= 11 is 0. The van der Waals surface area contributed by atoms with Crippen LogP contribution in [0.1, 0.15) is 47.8 Å². The molecule has 1 aromatic heterocycles. The maximum absolute atomic E-state index is 12.1. The number of rotatable bonds is 7. The van der Waals surface area contributed by atoms with E-state index in [1.807, 2.05) is 16.8 Å². The quantitative estimate of drug-likeness (QED) is 0.798. The van der Waals surface area contributed by atoms with Gasteiger partial charge in [-0.3, -0.25) is 9.69 Å². The molecule has 7 heteroatoms. The standard InChI is InChI=1S/C21H27N5O2/c1-28-19-8-4-16(5-9-19)3-2-12-25-13-10-18(11-14-25)26-15-20(23-24-26)21(27)22-17-6-7-17/h2-5,8-9,15,17-18H,6-7,10-14H2,1H3,(H,22,27)/b3-2+. The van der Waals surface area contributed by atoms with Crippen LogP contribution in [-0.2, 0) is 0 Å². The number of carbonyl (C=O) groups is 1. The van der Waals surface area contributed by atoms with E-state index >= 15 is 0 Å². The Bertz CT molecular complexity index is 818. The molecule has 1 N–H and O–H groups in total. The lowest BCUT2D eigenvalue weighted by molar-refractivity contribution is 0.0946. The van der Waals surface area contributed by atoms with Gasteiger partial charge in [0.15, 0.2) is 5.69 Å². The van der Waals surface area contributed by atoms with Crippen LogP contribution in [0.4, 0.5) is 0 Å². The number of nitrogens with one attached hydrogen (secondary N) is 1. The summed E-state index contributed by atoms with van der Waals surface area (Å²) in [6.07, 6.45) is 10.3. The molecule has 2 fully saturated rings. The van der Waals surface area contributed by atoms with Crippen molar-refractivity contribution in [3.05, 3.63) is 47.8 Å². The van der Waals surface area contributed by atoms with Crippen LogP contribution in [0.2, 0.25) is 0 Å². The normalized spacial score (nSPS) is 18.5. The highest BCUT2D eigenvalue weighted by atomic mass is 16.5. The molecule has 1 saturated carbocycles. The number of aromatic nitrogens is 3. The zero-order valence-corrected chi connectivity index (χ0v) is 16.3. The molecular weight excluding hydrogens is 354 g/mol. The number of methoxy groups -OCH3 is 1. The Morgan fingerprint density at radius 1 is 1.21 bits per heavy atom. The zero-order chi connectivity index (χ0) is 19.3. The summed E-state index contributed by atoms with van der Waals surface area (Å²) in [6, 6.07) is 8.72. The summed E-state index contributed by atoms with van der Waals surface area (Å²) in [5.41, 5.74) is 1.60.